The zero-order chi connectivity index (χ0) is 25.8. The molecule has 4 aromatic rings. The molecule has 0 aliphatic carbocycles. The van der Waals surface area contributed by atoms with Gasteiger partial charge in [0.2, 0.25) is 5.95 Å². The van der Waals surface area contributed by atoms with Gasteiger partial charge in [-0.1, -0.05) is 28.1 Å². The molecule has 36 heavy (non-hydrogen) atoms. The van der Waals surface area contributed by atoms with Crippen molar-refractivity contribution in [2.75, 3.05) is 31.0 Å². The van der Waals surface area contributed by atoms with Crippen molar-refractivity contribution in [2.45, 2.75) is 12.6 Å². The molecule has 0 aliphatic rings. The van der Waals surface area contributed by atoms with Gasteiger partial charge in [-0.2, -0.15) is 10.1 Å². The normalized spacial score (nSPS) is 12.2. The molecule has 188 valence electrons. The maximum Gasteiger partial charge on any atom is 0.329 e. The van der Waals surface area contributed by atoms with Gasteiger partial charge < -0.3 is 19.3 Å². The van der Waals surface area contributed by atoms with Crippen LogP contribution < -0.4 is 26.3 Å². The van der Waals surface area contributed by atoms with Crippen LogP contribution in [0.4, 0.5) is 11.6 Å². The number of aromatic amines is 1. The standard InChI is InChI=1S/C24H26BrN7O4/c1-30(2)17-8-4-15(5-9-17)12-26-29-23-27-21-20(22(34)28-24(35)31(21)3)32(23)13-18(33)14-36-19-10-6-16(25)7-11-19/h4-12,18,33H,13-14H2,1-3H3,(H,27,29)(H,28,34,35)/b26-12-/t18-/m0/s1. The van der Waals surface area contributed by atoms with Crippen LogP contribution in [-0.4, -0.2) is 57.2 Å². The fourth-order valence-electron chi connectivity index (χ4n) is 3.51. The molecule has 0 amide bonds. The van der Waals surface area contributed by atoms with Gasteiger partial charge in [-0.3, -0.25) is 14.3 Å². The lowest BCUT2D eigenvalue weighted by Crippen LogP contribution is -2.30. The summed E-state index contributed by atoms with van der Waals surface area (Å²) in [5, 5.41) is 14.9. The summed E-state index contributed by atoms with van der Waals surface area (Å²) < 4.78 is 9.29. The molecule has 3 N–H and O–H groups in total. The van der Waals surface area contributed by atoms with Crippen LogP contribution >= 0.6 is 15.9 Å². The van der Waals surface area contributed by atoms with Crippen LogP contribution in [0.1, 0.15) is 5.56 Å². The smallest absolute Gasteiger partial charge is 0.329 e. The number of hydrogen-bond acceptors (Lipinski definition) is 8. The molecule has 4 rings (SSSR count). The van der Waals surface area contributed by atoms with E-state index in [2.05, 4.69) is 36.4 Å². The Bertz CT molecular complexity index is 1490. The number of nitrogens with zero attached hydrogens (tertiary/aromatic N) is 5. The Morgan fingerprint density at radius 1 is 1.19 bits per heavy atom. The third kappa shape index (κ3) is 5.66. The zero-order valence-corrected chi connectivity index (χ0v) is 21.6. The Morgan fingerprint density at radius 2 is 1.89 bits per heavy atom. The summed E-state index contributed by atoms with van der Waals surface area (Å²) in [6, 6.07) is 15.0. The molecule has 12 heteroatoms. The van der Waals surface area contributed by atoms with Gasteiger partial charge in [0.25, 0.3) is 5.56 Å². The molecule has 0 aliphatic heterocycles. The monoisotopic (exact) mass is 555 g/mol. The van der Waals surface area contributed by atoms with E-state index in [4.69, 9.17) is 4.74 Å². The number of nitrogens with one attached hydrogen (secondary N) is 2. The summed E-state index contributed by atoms with van der Waals surface area (Å²) >= 11 is 3.37. The molecule has 11 nitrogen and oxygen atoms in total. The highest BCUT2D eigenvalue weighted by Crippen LogP contribution is 2.19. The van der Waals surface area contributed by atoms with Crippen LogP contribution in [0, 0.1) is 0 Å². The van der Waals surface area contributed by atoms with E-state index in [1.807, 2.05) is 55.4 Å². The first-order valence-corrected chi connectivity index (χ1v) is 11.8. The maximum absolute atomic E-state index is 12.6. The van der Waals surface area contributed by atoms with Gasteiger partial charge in [-0.05, 0) is 42.0 Å². The quantitative estimate of drug-likeness (QED) is 0.213. The van der Waals surface area contributed by atoms with E-state index < -0.39 is 17.4 Å². The van der Waals surface area contributed by atoms with Crippen LogP contribution in [0.5, 0.6) is 5.75 Å². The van der Waals surface area contributed by atoms with Gasteiger partial charge in [0, 0.05) is 31.3 Å². The van der Waals surface area contributed by atoms with Crippen LogP contribution in [0.2, 0.25) is 0 Å². The number of aliphatic hydroxyl groups excluding tert-OH is 1. The number of aromatic nitrogens is 4. The number of imidazole rings is 1. The largest absolute Gasteiger partial charge is 0.491 e. The summed E-state index contributed by atoms with van der Waals surface area (Å²) in [4.78, 5) is 33.4. The SMILES string of the molecule is CN(C)c1ccc(/C=N\Nc2nc3c(c(=O)[nH]c(=O)n3C)n2C[C@H](O)COc2ccc(Br)cc2)cc1. The molecule has 0 spiro atoms. The summed E-state index contributed by atoms with van der Waals surface area (Å²) in [6.45, 7) is -0.0460. The van der Waals surface area contributed by atoms with E-state index in [9.17, 15) is 14.7 Å². The molecular formula is C24H26BrN7O4. The number of aliphatic hydroxyl groups is 1. The molecule has 0 saturated heterocycles. The van der Waals surface area contributed by atoms with E-state index in [1.54, 1.807) is 18.3 Å². The van der Waals surface area contributed by atoms with Crippen molar-refractivity contribution in [3.8, 4) is 5.75 Å². The number of H-pyrrole nitrogens is 1. The van der Waals surface area contributed by atoms with E-state index in [0.717, 1.165) is 15.7 Å². The van der Waals surface area contributed by atoms with E-state index in [0.29, 0.717) is 5.75 Å². The van der Waals surface area contributed by atoms with Crippen molar-refractivity contribution in [2.24, 2.45) is 12.1 Å². The van der Waals surface area contributed by atoms with E-state index >= 15 is 0 Å². The highest BCUT2D eigenvalue weighted by molar-refractivity contribution is 9.10. The lowest BCUT2D eigenvalue weighted by atomic mass is 10.2. The Labute approximate surface area is 214 Å². The number of hydrazone groups is 1. The van der Waals surface area contributed by atoms with Crippen LogP contribution in [0.25, 0.3) is 11.2 Å². The second-order valence-corrected chi connectivity index (χ2v) is 9.23. The molecule has 0 radical (unpaired) electrons. The van der Waals surface area contributed by atoms with Gasteiger partial charge in [-0.25, -0.2) is 10.2 Å². The minimum Gasteiger partial charge on any atom is -0.491 e. The number of benzene rings is 2. The molecule has 2 aromatic carbocycles. The number of aryl methyl sites for hydroxylation is 1. The number of fused-ring (bicyclic) bond motifs is 1. The van der Waals surface area contributed by atoms with Crippen molar-refractivity contribution in [1.29, 1.82) is 0 Å². The van der Waals surface area contributed by atoms with Gasteiger partial charge in [0.05, 0.1) is 12.8 Å². The van der Waals surface area contributed by atoms with Gasteiger partial charge >= 0.3 is 5.69 Å². The molecular weight excluding hydrogens is 530 g/mol. The van der Waals surface area contributed by atoms with Crippen LogP contribution in [-0.2, 0) is 13.6 Å². The molecule has 2 aromatic heterocycles. The maximum atomic E-state index is 12.6. The lowest BCUT2D eigenvalue weighted by molar-refractivity contribution is 0.0938. The lowest BCUT2D eigenvalue weighted by Gasteiger charge is -2.15. The second kappa shape index (κ2) is 10.8. The van der Waals surface area contributed by atoms with Crippen molar-refractivity contribution >= 4 is 44.9 Å². The first kappa shape index (κ1) is 25.2. The van der Waals surface area contributed by atoms with Gasteiger partial charge in [0.15, 0.2) is 11.2 Å². The summed E-state index contributed by atoms with van der Waals surface area (Å²) in [5.41, 5.74) is 3.83. The second-order valence-electron chi connectivity index (χ2n) is 8.31. The average molecular weight is 556 g/mol. The molecule has 0 fully saturated rings. The number of halogens is 1. The van der Waals surface area contributed by atoms with Crippen LogP contribution in [0.3, 0.4) is 0 Å². The topological polar surface area (TPSA) is 130 Å². The van der Waals surface area contributed by atoms with Gasteiger partial charge in [0.1, 0.15) is 18.5 Å². The first-order chi connectivity index (χ1) is 17.2. The van der Waals surface area contributed by atoms with E-state index in [1.165, 1.54) is 16.2 Å². The summed E-state index contributed by atoms with van der Waals surface area (Å²) in [5.74, 6) is 0.789. The third-order valence-corrected chi connectivity index (χ3v) is 5.97. The minimum atomic E-state index is -0.981. The fourth-order valence-corrected chi connectivity index (χ4v) is 3.77. The highest BCUT2D eigenvalue weighted by atomic mass is 79.9. The average Bonchev–Trinajstić information content (AvgIpc) is 3.21. The highest BCUT2D eigenvalue weighted by Gasteiger charge is 2.20. The zero-order valence-electron chi connectivity index (χ0n) is 20.0. The van der Waals surface area contributed by atoms with Crippen molar-refractivity contribution in [3.05, 3.63) is 79.4 Å². The van der Waals surface area contributed by atoms with E-state index in [-0.39, 0.29) is 30.3 Å². The first-order valence-electron chi connectivity index (χ1n) is 11.1. The van der Waals surface area contributed by atoms with Crippen LogP contribution in [0.15, 0.2) is 67.7 Å². The minimum absolute atomic E-state index is 0.0219. The Hall–Kier alpha value is -3.90. The summed E-state index contributed by atoms with van der Waals surface area (Å²) in [6.07, 6.45) is 0.630. The molecule has 0 saturated carbocycles. The molecule has 2 heterocycles. The summed E-state index contributed by atoms with van der Waals surface area (Å²) in [7, 11) is 5.43. The fraction of sp³-hybridized carbons (Fsp3) is 0.250. The van der Waals surface area contributed by atoms with Gasteiger partial charge in [-0.15, -0.1) is 0 Å². The predicted molar refractivity (Wildman–Crippen MR) is 143 cm³/mol. The number of anilines is 2. The third-order valence-electron chi connectivity index (χ3n) is 5.44. The molecule has 1 atom stereocenters. The number of ether oxygens (including phenoxy) is 1. The van der Waals surface area contributed by atoms with Crippen molar-refractivity contribution < 1.29 is 9.84 Å². The van der Waals surface area contributed by atoms with Crippen molar-refractivity contribution in [3.63, 3.8) is 0 Å². The Balaban J connectivity index is 1.58. The predicted octanol–water partition coefficient (Wildman–Crippen LogP) is 2.14. The Morgan fingerprint density at radius 3 is 2.56 bits per heavy atom. The number of hydrogen-bond donors (Lipinski definition) is 3. The molecule has 0 bridgehead atoms. The Kier molecular flexibility index (Phi) is 7.55. The molecule has 0 unspecified atom stereocenters. The van der Waals surface area contributed by atoms with Crippen molar-refractivity contribution in [1.82, 2.24) is 19.1 Å². The number of rotatable bonds is 9.